The van der Waals surface area contributed by atoms with Gasteiger partial charge in [0.25, 0.3) is 0 Å². The van der Waals surface area contributed by atoms with Gasteiger partial charge in [0.15, 0.2) is 11.3 Å². The molecule has 42 heavy (non-hydrogen) atoms. The summed E-state index contributed by atoms with van der Waals surface area (Å²) in [5.41, 5.74) is 2.28. The van der Waals surface area contributed by atoms with E-state index in [4.69, 9.17) is 26.1 Å². The van der Waals surface area contributed by atoms with Crippen LogP contribution >= 0.6 is 11.6 Å². The Balaban J connectivity index is 1.30. The number of alkyl halides is 3. The SMILES string of the molecule is C[C@H]1c2cc(OCc3ccc(Cl)cc3)c(C(F)(F)F)cc2CCN1Cc1nc2ccc(C(=O)O)nc2n1C[C@@H]1CCO1. The molecule has 4 aromatic rings. The first-order chi connectivity index (χ1) is 20.1. The zero-order chi connectivity index (χ0) is 29.6. The summed E-state index contributed by atoms with van der Waals surface area (Å²) in [6.07, 6.45) is -3.28. The predicted octanol–water partition coefficient (Wildman–Crippen LogP) is 6.29. The number of halogens is 4. The molecule has 12 heteroatoms. The van der Waals surface area contributed by atoms with Crippen molar-refractivity contribution in [1.29, 1.82) is 0 Å². The summed E-state index contributed by atoms with van der Waals surface area (Å²) in [6, 6.07) is 12.3. The number of ether oxygens (including phenoxy) is 2. The van der Waals surface area contributed by atoms with Gasteiger partial charge in [0.05, 0.1) is 24.8 Å². The van der Waals surface area contributed by atoms with Crippen molar-refractivity contribution in [2.75, 3.05) is 13.2 Å². The molecule has 8 nitrogen and oxygen atoms in total. The lowest BCUT2D eigenvalue weighted by Gasteiger charge is -2.36. The van der Waals surface area contributed by atoms with E-state index in [0.717, 1.165) is 12.0 Å². The Morgan fingerprint density at radius 1 is 1.17 bits per heavy atom. The minimum absolute atomic E-state index is 0.0166. The monoisotopic (exact) mass is 600 g/mol. The van der Waals surface area contributed by atoms with Crippen molar-refractivity contribution in [3.05, 3.63) is 87.3 Å². The first-order valence-corrected chi connectivity index (χ1v) is 14.0. The van der Waals surface area contributed by atoms with Crippen LogP contribution in [-0.2, 0) is 37.0 Å². The van der Waals surface area contributed by atoms with E-state index in [1.165, 1.54) is 18.2 Å². The number of rotatable bonds is 8. The van der Waals surface area contributed by atoms with E-state index in [0.29, 0.717) is 65.8 Å². The van der Waals surface area contributed by atoms with Gasteiger partial charge >= 0.3 is 12.1 Å². The molecule has 0 saturated carbocycles. The molecule has 2 aliphatic heterocycles. The third-order valence-electron chi connectivity index (χ3n) is 7.94. The Bertz CT molecular complexity index is 1640. The molecule has 4 heterocycles. The lowest BCUT2D eigenvalue weighted by atomic mass is 9.91. The van der Waals surface area contributed by atoms with E-state index in [1.807, 2.05) is 11.5 Å². The first-order valence-electron chi connectivity index (χ1n) is 13.6. The molecule has 2 aromatic carbocycles. The fraction of sp³-hybridized carbons (Fsp3) is 0.367. The molecule has 1 fully saturated rings. The maximum atomic E-state index is 14.0. The van der Waals surface area contributed by atoms with Gasteiger partial charge in [-0.05, 0) is 72.9 Å². The lowest BCUT2D eigenvalue weighted by Crippen LogP contribution is -2.36. The number of hydrogen-bond acceptors (Lipinski definition) is 6. The van der Waals surface area contributed by atoms with Crippen LogP contribution in [0.15, 0.2) is 48.5 Å². The number of aromatic nitrogens is 3. The second-order valence-electron chi connectivity index (χ2n) is 10.6. The van der Waals surface area contributed by atoms with Crippen LogP contribution in [0.5, 0.6) is 5.75 Å². The Labute approximate surface area is 244 Å². The highest BCUT2D eigenvalue weighted by Gasteiger charge is 2.37. The van der Waals surface area contributed by atoms with Gasteiger partial charge in [-0.1, -0.05) is 23.7 Å². The minimum Gasteiger partial charge on any atom is -0.488 e. The third-order valence-corrected chi connectivity index (χ3v) is 8.19. The van der Waals surface area contributed by atoms with Crippen LogP contribution in [0.2, 0.25) is 5.02 Å². The molecule has 0 unspecified atom stereocenters. The van der Waals surface area contributed by atoms with Gasteiger partial charge in [0.2, 0.25) is 0 Å². The number of carboxylic acid groups (broad SMARTS) is 1. The minimum atomic E-state index is -4.57. The second kappa shape index (κ2) is 11.2. The van der Waals surface area contributed by atoms with Crippen molar-refractivity contribution in [1.82, 2.24) is 19.4 Å². The van der Waals surface area contributed by atoms with Crippen LogP contribution in [-0.4, -0.2) is 49.8 Å². The molecule has 220 valence electrons. The topological polar surface area (TPSA) is 89.7 Å². The van der Waals surface area contributed by atoms with E-state index in [2.05, 4.69) is 9.88 Å². The van der Waals surface area contributed by atoms with E-state index in [9.17, 15) is 23.1 Å². The number of nitrogens with zero attached hydrogens (tertiary/aromatic N) is 4. The zero-order valence-electron chi connectivity index (χ0n) is 22.7. The van der Waals surface area contributed by atoms with Gasteiger partial charge in [-0.3, -0.25) is 4.90 Å². The van der Waals surface area contributed by atoms with Crippen molar-refractivity contribution in [2.45, 2.75) is 57.8 Å². The Morgan fingerprint density at radius 3 is 2.60 bits per heavy atom. The van der Waals surface area contributed by atoms with E-state index < -0.39 is 17.7 Å². The van der Waals surface area contributed by atoms with Crippen LogP contribution in [0.25, 0.3) is 11.2 Å². The van der Waals surface area contributed by atoms with Gasteiger partial charge in [0, 0.05) is 24.2 Å². The molecule has 2 atom stereocenters. The number of carboxylic acids is 1. The molecule has 0 aliphatic carbocycles. The van der Waals surface area contributed by atoms with Crippen molar-refractivity contribution in [3.63, 3.8) is 0 Å². The predicted molar refractivity (Wildman–Crippen MR) is 149 cm³/mol. The highest BCUT2D eigenvalue weighted by molar-refractivity contribution is 6.30. The normalized spacial score (nSPS) is 19.0. The summed E-state index contributed by atoms with van der Waals surface area (Å²) in [5, 5.41) is 10.00. The lowest BCUT2D eigenvalue weighted by molar-refractivity contribution is -0.139. The van der Waals surface area contributed by atoms with Gasteiger partial charge in [-0.15, -0.1) is 0 Å². The van der Waals surface area contributed by atoms with Crippen LogP contribution in [0, 0.1) is 0 Å². The molecular formula is C30H28ClF3N4O4. The zero-order valence-corrected chi connectivity index (χ0v) is 23.5. The van der Waals surface area contributed by atoms with Gasteiger partial charge in [-0.25, -0.2) is 14.8 Å². The average molecular weight is 601 g/mol. The maximum absolute atomic E-state index is 14.0. The number of imidazole rings is 1. The maximum Gasteiger partial charge on any atom is 0.419 e. The van der Waals surface area contributed by atoms with Crippen molar-refractivity contribution < 1.29 is 32.5 Å². The summed E-state index contributed by atoms with van der Waals surface area (Å²) in [6.45, 7) is 4.00. The summed E-state index contributed by atoms with van der Waals surface area (Å²) in [4.78, 5) is 22.8. The van der Waals surface area contributed by atoms with Crippen LogP contribution in [0.1, 0.15) is 58.0 Å². The van der Waals surface area contributed by atoms with Crippen molar-refractivity contribution >= 4 is 28.7 Å². The number of hydrogen-bond donors (Lipinski definition) is 1. The molecular weight excluding hydrogens is 573 g/mol. The highest BCUT2D eigenvalue weighted by atomic mass is 35.5. The molecule has 2 aliphatic rings. The number of pyridine rings is 1. The molecule has 6 rings (SSSR count). The van der Waals surface area contributed by atoms with E-state index in [-0.39, 0.29) is 30.2 Å². The van der Waals surface area contributed by atoms with E-state index in [1.54, 1.807) is 30.3 Å². The van der Waals surface area contributed by atoms with Crippen LogP contribution in [0.4, 0.5) is 13.2 Å². The highest BCUT2D eigenvalue weighted by Crippen LogP contribution is 2.42. The fourth-order valence-electron chi connectivity index (χ4n) is 5.49. The number of carbonyl (C=O) groups is 1. The Kier molecular flexibility index (Phi) is 7.59. The smallest absolute Gasteiger partial charge is 0.419 e. The largest absolute Gasteiger partial charge is 0.488 e. The molecule has 0 amide bonds. The van der Waals surface area contributed by atoms with Gasteiger partial charge in [0.1, 0.15) is 23.7 Å². The number of aromatic carboxylic acids is 1. The van der Waals surface area contributed by atoms with Gasteiger partial charge < -0.3 is 19.1 Å². The molecule has 0 radical (unpaired) electrons. The quantitative estimate of drug-likeness (QED) is 0.254. The van der Waals surface area contributed by atoms with Crippen LogP contribution < -0.4 is 4.74 Å². The molecule has 2 aromatic heterocycles. The first kappa shape index (κ1) is 28.4. The summed E-state index contributed by atoms with van der Waals surface area (Å²) in [5.74, 6) is -0.652. The molecule has 1 saturated heterocycles. The molecule has 1 N–H and O–H groups in total. The standard InChI is InChI=1S/C30H28ClF3N4O4/c1-17-22-13-26(42-16-18-2-4-20(31)5-3-18)23(30(32,33)34)12-19(22)8-10-37(17)15-27-35-24-6-7-25(29(39)40)36-28(24)38(27)14-21-9-11-41-21/h2-7,12-13,17,21H,8-11,14-16H2,1H3,(H,39,40)/t17-,21-/m0/s1. The number of fused-ring (bicyclic) bond motifs is 2. The second-order valence-corrected chi connectivity index (χ2v) is 11.1. The van der Waals surface area contributed by atoms with Crippen LogP contribution in [0.3, 0.4) is 0 Å². The fourth-order valence-corrected chi connectivity index (χ4v) is 5.62. The van der Waals surface area contributed by atoms with E-state index >= 15 is 0 Å². The molecule has 0 spiro atoms. The van der Waals surface area contributed by atoms with Gasteiger partial charge in [-0.2, -0.15) is 13.2 Å². The van der Waals surface area contributed by atoms with Crippen molar-refractivity contribution in [3.8, 4) is 5.75 Å². The average Bonchev–Trinajstić information content (AvgIpc) is 3.27. The Morgan fingerprint density at radius 2 is 1.93 bits per heavy atom. The number of benzene rings is 2. The summed E-state index contributed by atoms with van der Waals surface area (Å²) < 4.78 is 55.4. The molecule has 0 bridgehead atoms. The summed E-state index contributed by atoms with van der Waals surface area (Å²) >= 11 is 5.93. The summed E-state index contributed by atoms with van der Waals surface area (Å²) in [7, 11) is 0. The third kappa shape index (κ3) is 5.68. The van der Waals surface area contributed by atoms with Crippen molar-refractivity contribution in [2.24, 2.45) is 0 Å². The Hall–Kier alpha value is -3.67.